The molecule has 0 bridgehead atoms. The number of hydrogen-bond acceptors (Lipinski definition) is 5. The Morgan fingerprint density at radius 2 is 2.15 bits per heavy atom. The first kappa shape index (κ1) is 18.2. The molecule has 1 amide bonds. The van der Waals surface area contributed by atoms with Gasteiger partial charge < -0.3 is 4.74 Å². The molecule has 1 aliphatic rings. The summed E-state index contributed by atoms with van der Waals surface area (Å²) in [6, 6.07) is 7.31. The third kappa shape index (κ3) is 3.49. The highest BCUT2D eigenvalue weighted by Crippen LogP contribution is 2.35. The molecule has 8 heteroatoms. The highest BCUT2D eigenvalue weighted by molar-refractivity contribution is 7.22. The Morgan fingerprint density at radius 3 is 2.85 bits per heavy atom. The van der Waals surface area contributed by atoms with Crippen LogP contribution >= 0.6 is 45.9 Å². The smallest absolute Gasteiger partial charge is 0.270 e. The third-order valence-electron chi connectivity index (χ3n) is 4.41. The molecular weight excluding hydrogens is 411 g/mol. The van der Waals surface area contributed by atoms with Gasteiger partial charge in [0.1, 0.15) is 0 Å². The molecule has 1 fully saturated rings. The van der Waals surface area contributed by atoms with Crippen molar-refractivity contribution >= 4 is 67.1 Å². The molecule has 1 aromatic carbocycles. The Morgan fingerprint density at radius 1 is 1.31 bits per heavy atom. The number of carbonyl (C=O) groups is 1. The summed E-state index contributed by atoms with van der Waals surface area (Å²) in [6.45, 7) is 3.17. The van der Waals surface area contributed by atoms with Gasteiger partial charge in [-0.25, -0.2) is 4.98 Å². The van der Waals surface area contributed by atoms with Crippen LogP contribution < -0.4 is 4.90 Å². The second-order valence-electron chi connectivity index (χ2n) is 6.17. The van der Waals surface area contributed by atoms with E-state index in [0.29, 0.717) is 25.9 Å². The summed E-state index contributed by atoms with van der Waals surface area (Å²) in [5, 5.41) is 1.34. The molecule has 136 valence electrons. The SMILES string of the molecule is Cc1c(Cl)ccc2sc(N(C[C@@H]3CCCO3)C(=O)c3ccc(Cl)s3)nc12. The van der Waals surface area contributed by atoms with Crippen LogP contribution in [0.4, 0.5) is 5.13 Å². The van der Waals surface area contributed by atoms with Gasteiger partial charge in [-0.2, -0.15) is 0 Å². The minimum Gasteiger partial charge on any atom is -0.376 e. The molecule has 0 N–H and O–H groups in total. The number of anilines is 1. The number of benzene rings is 1. The minimum atomic E-state index is -0.0970. The molecular formula is C18H16Cl2N2O2S2. The predicted molar refractivity (Wildman–Crippen MR) is 109 cm³/mol. The summed E-state index contributed by atoms with van der Waals surface area (Å²) >= 11 is 15.0. The first-order chi connectivity index (χ1) is 12.5. The number of nitrogens with zero attached hydrogens (tertiary/aromatic N) is 2. The molecule has 0 spiro atoms. The Bertz CT molecular complexity index is 963. The topological polar surface area (TPSA) is 42.4 Å². The summed E-state index contributed by atoms with van der Waals surface area (Å²) in [4.78, 5) is 20.2. The van der Waals surface area contributed by atoms with Gasteiger partial charge in [-0.05, 0) is 49.6 Å². The monoisotopic (exact) mass is 426 g/mol. The van der Waals surface area contributed by atoms with E-state index < -0.39 is 0 Å². The largest absolute Gasteiger partial charge is 0.376 e. The van der Waals surface area contributed by atoms with E-state index >= 15 is 0 Å². The van der Waals surface area contributed by atoms with Crippen molar-refractivity contribution in [1.29, 1.82) is 0 Å². The number of hydrogen-bond donors (Lipinski definition) is 0. The number of amides is 1. The minimum absolute atomic E-state index is 0.0334. The zero-order valence-corrected chi connectivity index (χ0v) is 17.1. The summed E-state index contributed by atoms with van der Waals surface area (Å²) in [5.74, 6) is -0.0970. The van der Waals surface area contributed by atoms with Crippen LogP contribution in [-0.2, 0) is 4.74 Å². The maximum absolute atomic E-state index is 13.1. The second-order valence-corrected chi connectivity index (χ2v) is 9.30. The van der Waals surface area contributed by atoms with Gasteiger partial charge in [-0.3, -0.25) is 9.69 Å². The lowest BCUT2D eigenvalue weighted by Crippen LogP contribution is -2.37. The van der Waals surface area contributed by atoms with Crippen LogP contribution in [0.15, 0.2) is 24.3 Å². The molecule has 0 radical (unpaired) electrons. The van der Waals surface area contributed by atoms with Gasteiger partial charge in [-0.15, -0.1) is 11.3 Å². The van der Waals surface area contributed by atoms with E-state index in [2.05, 4.69) is 0 Å². The molecule has 0 aliphatic carbocycles. The highest BCUT2D eigenvalue weighted by Gasteiger charge is 2.28. The van der Waals surface area contributed by atoms with E-state index in [-0.39, 0.29) is 12.0 Å². The fraction of sp³-hybridized carbons (Fsp3) is 0.333. The van der Waals surface area contributed by atoms with E-state index in [1.165, 1.54) is 22.7 Å². The normalized spacial score (nSPS) is 17.1. The van der Waals surface area contributed by atoms with Gasteiger partial charge in [-0.1, -0.05) is 34.5 Å². The fourth-order valence-corrected chi connectivity index (χ4v) is 5.18. The Hall–Kier alpha value is -1.18. The Labute approximate surface area is 169 Å². The van der Waals surface area contributed by atoms with Gasteiger partial charge in [0.05, 0.1) is 32.1 Å². The quantitative estimate of drug-likeness (QED) is 0.529. The van der Waals surface area contributed by atoms with E-state index in [0.717, 1.165) is 35.2 Å². The standard InChI is InChI=1S/C18H16Cl2N2O2S2/c1-10-12(19)4-5-13-16(10)21-18(26-13)22(9-11-3-2-8-24-11)17(23)14-6-7-15(20)25-14/h4-7,11H,2-3,8-9H2,1H3/t11-/m0/s1. The van der Waals surface area contributed by atoms with E-state index in [1.54, 1.807) is 17.0 Å². The average molecular weight is 427 g/mol. The summed E-state index contributed by atoms with van der Waals surface area (Å²) in [7, 11) is 0. The Balaban J connectivity index is 1.74. The first-order valence-electron chi connectivity index (χ1n) is 8.27. The number of thiazole rings is 1. The molecule has 4 rings (SSSR count). The number of aryl methyl sites for hydroxylation is 1. The van der Waals surface area contributed by atoms with Gasteiger partial charge >= 0.3 is 0 Å². The predicted octanol–water partition coefficient (Wildman–Crippen LogP) is 5.80. The fourth-order valence-electron chi connectivity index (χ4n) is 3.01. The molecule has 3 aromatic rings. The van der Waals surface area contributed by atoms with Gasteiger partial charge in [0.2, 0.25) is 0 Å². The van der Waals surface area contributed by atoms with Gasteiger partial charge in [0.25, 0.3) is 5.91 Å². The lowest BCUT2D eigenvalue weighted by Gasteiger charge is -2.22. The van der Waals surface area contributed by atoms with Crippen LogP contribution in [0.3, 0.4) is 0 Å². The zero-order valence-electron chi connectivity index (χ0n) is 14.0. The second kappa shape index (κ2) is 7.44. The van der Waals surface area contributed by atoms with Crippen molar-refractivity contribution in [3.63, 3.8) is 0 Å². The zero-order chi connectivity index (χ0) is 18.3. The summed E-state index contributed by atoms with van der Waals surface area (Å²) in [5.41, 5.74) is 1.77. The maximum atomic E-state index is 13.1. The van der Waals surface area contributed by atoms with Gasteiger partial charge in [0, 0.05) is 11.6 Å². The van der Waals surface area contributed by atoms with Crippen molar-refractivity contribution in [3.05, 3.63) is 44.1 Å². The van der Waals surface area contributed by atoms with Crippen molar-refractivity contribution < 1.29 is 9.53 Å². The highest BCUT2D eigenvalue weighted by atomic mass is 35.5. The van der Waals surface area contributed by atoms with Crippen molar-refractivity contribution in [2.75, 3.05) is 18.1 Å². The van der Waals surface area contributed by atoms with Crippen molar-refractivity contribution in [3.8, 4) is 0 Å². The molecule has 0 unspecified atom stereocenters. The van der Waals surface area contributed by atoms with Crippen LogP contribution in [-0.4, -0.2) is 30.1 Å². The number of halogens is 2. The number of fused-ring (bicyclic) bond motifs is 1. The summed E-state index contributed by atoms with van der Waals surface area (Å²) in [6.07, 6.45) is 2.00. The lowest BCUT2D eigenvalue weighted by molar-refractivity contribution is 0.0920. The molecule has 0 saturated carbocycles. The van der Waals surface area contributed by atoms with Crippen molar-refractivity contribution in [2.24, 2.45) is 0 Å². The van der Waals surface area contributed by atoms with Crippen LogP contribution in [0.2, 0.25) is 9.36 Å². The first-order valence-corrected chi connectivity index (χ1v) is 10.7. The Kier molecular flexibility index (Phi) is 5.21. The van der Waals surface area contributed by atoms with Crippen molar-refractivity contribution in [2.45, 2.75) is 25.9 Å². The van der Waals surface area contributed by atoms with Crippen molar-refractivity contribution in [1.82, 2.24) is 4.98 Å². The van der Waals surface area contributed by atoms with E-state index in [9.17, 15) is 4.79 Å². The van der Waals surface area contributed by atoms with E-state index in [4.69, 9.17) is 32.9 Å². The van der Waals surface area contributed by atoms with E-state index in [1.807, 2.05) is 19.1 Å². The number of ether oxygens (including phenoxy) is 1. The molecule has 1 aliphatic heterocycles. The lowest BCUT2D eigenvalue weighted by atomic mass is 10.2. The number of thiophene rings is 1. The van der Waals surface area contributed by atoms with Crippen LogP contribution in [0.1, 0.15) is 28.1 Å². The molecule has 26 heavy (non-hydrogen) atoms. The maximum Gasteiger partial charge on any atom is 0.270 e. The molecule has 3 heterocycles. The molecule has 1 saturated heterocycles. The average Bonchev–Trinajstić information content (AvgIpc) is 3.36. The number of carbonyl (C=O) groups excluding carboxylic acids is 1. The number of aromatic nitrogens is 1. The summed E-state index contributed by atoms with van der Waals surface area (Å²) < 4.78 is 7.36. The molecule has 2 aromatic heterocycles. The number of rotatable bonds is 4. The molecule has 1 atom stereocenters. The molecule has 4 nitrogen and oxygen atoms in total. The van der Waals surface area contributed by atoms with Crippen LogP contribution in [0.25, 0.3) is 10.2 Å². The van der Waals surface area contributed by atoms with Crippen LogP contribution in [0.5, 0.6) is 0 Å². The van der Waals surface area contributed by atoms with Gasteiger partial charge in [0.15, 0.2) is 5.13 Å². The third-order valence-corrected chi connectivity index (χ3v) is 7.08. The van der Waals surface area contributed by atoms with Crippen LogP contribution in [0, 0.1) is 6.92 Å².